The molecule has 6 heteroatoms. The Morgan fingerprint density at radius 3 is 2.33 bits per heavy atom. The Bertz CT molecular complexity index is 942. The van der Waals surface area contributed by atoms with E-state index in [1.54, 1.807) is 12.1 Å². The number of carbonyl (C=O) groups is 2. The van der Waals surface area contributed by atoms with Crippen molar-refractivity contribution in [2.24, 2.45) is 7.05 Å². The van der Waals surface area contributed by atoms with Crippen molar-refractivity contribution >= 4 is 11.8 Å². The summed E-state index contributed by atoms with van der Waals surface area (Å²) in [5, 5.41) is 0. The number of amides is 2. The molecule has 0 spiro atoms. The lowest BCUT2D eigenvalue weighted by molar-refractivity contribution is -0.139. The molecule has 2 amide bonds. The highest BCUT2D eigenvalue weighted by molar-refractivity contribution is 5.94. The van der Waals surface area contributed by atoms with Crippen LogP contribution in [0.3, 0.4) is 0 Å². The predicted molar refractivity (Wildman–Crippen MR) is 129 cm³/mol. The molecule has 0 aliphatic carbocycles. The van der Waals surface area contributed by atoms with Crippen LogP contribution in [0.25, 0.3) is 0 Å². The fourth-order valence-corrected chi connectivity index (χ4v) is 5.47. The van der Waals surface area contributed by atoms with Gasteiger partial charge in [0.15, 0.2) is 6.61 Å². The Balaban J connectivity index is 1.41. The number of hydrogen-bond acceptors (Lipinski definition) is 3. The molecule has 0 unspecified atom stereocenters. The average molecular weight is 452 g/mol. The molecule has 0 bridgehead atoms. The first-order valence-electron chi connectivity index (χ1n) is 12.4. The van der Waals surface area contributed by atoms with Crippen LogP contribution < -0.4 is 4.74 Å². The minimum Gasteiger partial charge on any atom is -0.484 e. The van der Waals surface area contributed by atoms with Crippen LogP contribution in [-0.4, -0.2) is 51.4 Å². The summed E-state index contributed by atoms with van der Waals surface area (Å²) < 4.78 is 7.91. The second-order valence-electron chi connectivity index (χ2n) is 9.65. The maximum absolute atomic E-state index is 13.4. The SMILES string of the molecule is C[C@@H]1CCC[C@@H](C)N1C(=O)COc1ccc(C(=O)N2CCCCC[C@@H]2c2cccn2C)cc1. The number of likely N-dealkylation sites (tertiary alicyclic amines) is 2. The molecule has 2 fully saturated rings. The highest BCUT2D eigenvalue weighted by Crippen LogP contribution is 2.32. The number of ether oxygens (including phenoxy) is 1. The average Bonchev–Trinajstić information content (AvgIpc) is 3.08. The molecule has 1 aromatic carbocycles. The Morgan fingerprint density at radius 1 is 0.939 bits per heavy atom. The van der Waals surface area contributed by atoms with Crippen molar-refractivity contribution in [1.29, 1.82) is 0 Å². The summed E-state index contributed by atoms with van der Waals surface area (Å²) in [5.41, 5.74) is 1.85. The highest BCUT2D eigenvalue weighted by Gasteiger charge is 2.30. The van der Waals surface area contributed by atoms with Gasteiger partial charge in [-0.15, -0.1) is 0 Å². The maximum Gasteiger partial charge on any atom is 0.260 e. The third-order valence-corrected chi connectivity index (χ3v) is 7.28. The number of carbonyl (C=O) groups excluding carboxylic acids is 2. The first kappa shape index (κ1) is 23.4. The zero-order valence-corrected chi connectivity index (χ0v) is 20.2. The van der Waals surface area contributed by atoms with Gasteiger partial charge in [-0.05, 0) is 82.3 Å². The van der Waals surface area contributed by atoms with Crippen LogP contribution in [0.2, 0.25) is 0 Å². The zero-order chi connectivity index (χ0) is 23.4. The van der Waals surface area contributed by atoms with E-state index in [4.69, 9.17) is 4.74 Å². The zero-order valence-electron chi connectivity index (χ0n) is 20.2. The van der Waals surface area contributed by atoms with E-state index in [0.717, 1.165) is 45.1 Å². The fraction of sp³-hybridized carbons (Fsp3) is 0.556. The Hall–Kier alpha value is -2.76. The molecule has 6 nitrogen and oxygen atoms in total. The molecule has 0 radical (unpaired) electrons. The number of piperidine rings is 1. The Labute approximate surface area is 197 Å². The second-order valence-corrected chi connectivity index (χ2v) is 9.65. The van der Waals surface area contributed by atoms with E-state index in [1.165, 1.54) is 12.1 Å². The van der Waals surface area contributed by atoms with E-state index in [9.17, 15) is 9.59 Å². The highest BCUT2D eigenvalue weighted by atomic mass is 16.5. The number of rotatable bonds is 5. The van der Waals surface area contributed by atoms with Gasteiger partial charge in [-0.2, -0.15) is 0 Å². The molecule has 4 rings (SSSR count). The van der Waals surface area contributed by atoms with Crippen LogP contribution in [0, 0.1) is 0 Å². The van der Waals surface area contributed by atoms with Gasteiger partial charge in [0.1, 0.15) is 5.75 Å². The normalized spacial score (nSPS) is 23.8. The number of benzene rings is 1. The molecular formula is C27H37N3O3. The van der Waals surface area contributed by atoms with E-state index < -0.39 is 0 Å². The summed E-state index contributed by atoms with van der Waals surface area (Å²) >= 11 is 0. The topological polar surface area (TPSA) is 54.8 Å². The summed E-state index contributed by atoms with van der Waals surface area (Å²) in [5.74, 6) is 0.707. The van der Waals surface area contributed by atoms with E-state index in [0.29, 0.717) is 11.3 Å². The third-order valence-electron chi connectivity index (χ3n) is 7.28. The van der Waals surface area contributed by atoms with E-state index in [1.807, 2.05) is 41.2 Å². The van der Waals surface area contributed by atoms with Gasteiger partial charge in [0.05, 0.1) is 6.04 Å². The van der Waals surface area contributed by atoms with Crippen LogP contribution in [0.5, 0.6) is 5.75 Å². The maximum atomic E-state index is 13.4. The van der Waals surface area contributed by atoms with Crippen molar-refractivity contribution in [2.45, 2.75) is 76.9 Å². The smallest absolute Gasteiger partial charge is 0.260 e. The van der Waals surface area contributed by atoms with Gasteiger partial charge in [-0.1, -0.05) is 12.8 Å². The van der Waals surface area contributed by atoms with Crippen molar-refractivity contribution in [3.8, 4) is 5.75 Å². The largest absolute Gasteiger partial charge is 0.484 e. The van der Waals surface area contributed by atoms with E-state index >= 15 is 0 Å². The second kappa shape index (κ2) is 10.4. The lowest BCUT2D eigenvalue weighted by atomic mass is 9.97. The predicted octanol–water partition coefficient (Wildman–Crippen LogP) is 4.95. The molecular weight excluding hydrogens is 414 g/mol. The summed E-state index contributed by atoms with van der Waals surface area (Å²) in [4.78, 5) is 30.2. The minimum absolute atomic E-state index is 0.0314. The van der Waals surface area contributed by atoms with E-state index in [-0.39, 0.29) is 36.5 Å². The third kappa shape index (κ3) is 5.26. The molecule has 2 aliphatic rings. The van der Waals surface area contributed by atoms with Crippen molar-refractivity contribution in [1.82, 2.24) is 14.4 Å². The Morgan fingerprint density at radius 2 is 1.67 bits per heavy atom. The Kier molecular flexibility index (Phi) is 7.41. The lowest BCUT2D eigenvalue weighted by Gasteiger charge is -2.38. The van der Waals surface area contributed by atoms with Crippen molar-refractivity contribution in [3.05, 3.63) is 53.9 Å². The van der Waals surface area contributed by atoms with Crippen molar-refractivity contribution in [3.63, 3.8) is 0 Å². The molecule has 2 aliphatic heterocycles. The van der Waals surface area contributed by atoms with Gasteiger partial charge in [0, 0.05) is 43.1 Å². The number of aromatic nitrogens is 1. The quantitative estimate of drug-likeness (QED) is 0.646. The summed E-state index contributed by atoms with van der Waals surface area (Å²) in [6.45, 7) is 5.02. The number of nitrogens with zero attached hydrogens (tertiary/aromatic N) is 3. The molecule has 33 heavy (non-hydrogen) atoms. The minimum atomic E-state index is 0.0314. The molecule has 3 atom stereocenters. The summed E-state index contributed by atoms with van der Waals surface area (Å²) in [6.07, 6.45) is 9.62. The molecule has 0 saturated carbocycles. The van der Waals surface area contributed by atoms with Crippen LogP contribution in [-0.2, 0) is 11.8 Å². The van der Waals surface area contributed by atoms with Crippen molar-refractivity contribution in [2.75, 3.05) is 13.2 Å². The molecule has 1 aromatic heterocycles. The molecule has 3 heterocycles. The van der Waals surface area contributed by atoms with Gasteiger partial charge in [-0.25, -0.2) is 0 Å². The van der Waals surface area contributed by atoms with Gasteiger partial charge in [0.25, 0.3) is 11.8 Å². The molecule has 2 saturated heterocycles. The van der Waals surface area contributed by atoms with E-state index in [2.05, 4.69) is 24.5 Å². The summed E-state index contributed by atoms with van der Waals surface area (Å²) in [7, 11) is 2.04. The summed E-state index contributed by atoms with van der Waals surface area (Å²) in [6, 6.07) is 12.0. The lowest BCUT2D eigenvalue weighted by Crippen LogP contribution is -2.49. The van der Waals surface area contributed by atoms with Crippen LogP contribution in [0.1, 0.15) is 80.9 Å². The molecule has 178 valence electrons. The van der Waals surface area contributed by atoms with Gasteiger partial charge in [-0.3, -0.25) is 9.59 Å². The molecule has 0 N–H and O–H groups in total. The van der Waals surface area contributed by atoms with Gasteiger partial charge in [0.2, 0.25) is 0 Å². The number of aryl methyl sites for hydroxylation is 1. The van der Waals surface area contributed by atoms with Crippen LogP contribution >= 0.6 is 0 Å². The molecule has 2 aromatic rings. The first-order chi connectivity index (χ1) is 16.0. The monoisotopic (exact) mass is 451 g/mol. The number of hydrogen-bond donors (Lipinski definition) is 0. The van der Waals surface area contributed by atoms with Gasteiger partial charge >= 0.3 is 0 Å². The van der Waals surface area contributed by atoms with Gasteiger partial charge < -0.3 is 19.1 Å². The standard InChI is InChI=1S/C27H37N3O3/c1-20-9-7-10-21(2)30(20)26(31)19-33-23-15-13-22(14-16-23)27(32)29-18-6-4-5-11-25(29)24-12-8-17-28(24)3/h8,12-17,20-21,25H,4-7,9-11,18-19H2,1-3H3/t20-,21-,25-/m1/s1. The van der Waals surface area contributed by atoms with Crippen LogP contribution in [0.15, 0.2) is 42.6 Å². The van der Waals surface area contributed by atoms with Crippen LogP contribution in [0.4, 0.5) is 0 Å². The van der Waals surface area contributed by atoms with Crippen molar-refractivity contribution < 1.29 is 14.3 Å². The first-order valence-corrected chi connectivity index (χ1v) is 12.4. The fourth-order valence-electron chi connectivity index (χ4n) is 5.47.